The molecule has 0 aliphatic rings. The van der Waals surface area contributed by atoms with Crippen LogP contribution in [0, 0.1) is 6.92 Å². The van der Waals surface area contributed by atoms with Crippen molar-refractivity contribution in [2.75, 3.05) is 13.7 Å². The molecule has 0 aliphatic heterocycles. The van der Waals surface area contributed by atoms with Gasteiger partial charge in [0.2, 0.25) is 0 Å². The van der Waals surface area contributed by atoms with E-state index in [0.717, 1.165) is 43.1 Å². The van der Waals surface area contributed by atoms with E-state index in [2.05, 4.69) is 10.3 Å². The second-order valence-electron chi connectivity index (χ2n) is 4.31. The third-order valence-corrected chi connectivity index (χ3v) is 2.50. The van der Waals surface area contributed by atoms with Crippen LogP contribution in [-0.4, -0.2) is 29.8 Å². The summed E-state index contributed by atoms with van der Waals surface area (Å²) in [6, 6.07) is 3.85. The van der Waals surface area contributed by atoms with Crippen LogP contribution in [0.4, 0.5) is 0 Å². The van der Waals surface area contributed by atoms with Crippen LogP contribution in [-0.2, 0) is 6.54 Å². The normalized spacial score (nSPS) is 12.5. The van der Waals surface area contributed by atoms with Gasteiger partial charge in [0.25, 0.3) is 0 Å². The predicted molar refractivity (Wildman–Crippen MR) is 68.1 cm³/mol. The molecule has 1 aromatic rings. The Morgan fingerprint density at radius 1 is 1.47 bits per heavy atom. The molecule has 0 saturated heterocycles. The molecule has 0 amide bonds. The van der Waals surface area contributed by atoms with E-state index in [9.17, 15) is 0 Å². The molecule has 0 saturated carbocycles. The molecule has 2 N–H and O–H groups in total. The first-order chi connectivity index (χ1) is 8.11. The second kappa shape index (κ2) is 7.25. The third-order valence-electron chi connectivity index (χ3n) is 2.50. The van der Waals surface area contributed by atoms with E-state index >= 15 is 0 Å². The first-order valence-electron chi connectivity index (χ1n) is 6.02. The van der Waals surface area contributed by atoms with Crippen LogP contribution < -0.4 is 10.1 Å². The third kappa shape index (κ3) is 5.65. The highest BCUT2D eigenvalue weighted by molar-refractivity contribution is 5.26. The minimum absolute atomic E-state index is 0.214. The number of aliphatic hydroxyl groups excluding tert-OH is 1. The molecule has 17 heavy (non-hydrogen) atoms. The van der Waals surface area contributed by atoms with Crippen molar-refractivity contribution in [3.8, 4) is 5.75 Å². The Balaban J connectivity index is 2.33. The molecule has 0 bridgehead atoms. The van der Waals surface area contributed by atoms with Gasteiger partial charge in [0.05, 0.1) is 18.9 Å². The smallest absolute Gasteiger partial charge is 0.122 e. The van der Waals surface area contributed by atoms with Gasteiger partial charge in [-0.05, 0) is 33.2 Å². The van der Waals surface area contributed by atoms with Crippen molar-refractivity contribution in [3.63, 3.8) is 0 Å². The highest BCUT2D eigenvalue weighted by Gasteiger charge is 2.00. The molecular formula is C13H22N2O2. The number of hydrogen-bond acceptors (Lipinski definition) is 4. The summed E-state index contributed by atoms with van der Waals surface area (Å²) in [5.41, 5.74) is 1.95. The zero-order valence-corrected chi connectivity index (χ0v) is 10.9. The largest absolute Gasteiger partial charge is 0.497 e. The fourth-order valence-corrected chi connectivity index (χ4v) is 1.65. The quantitative estimate of drug-likeness (QED) is 0.709. The number of aryl methyl sites for hydroxylation is 1. The molecule has 96 valence electrons. The summed E-state index contributed by atoms with van der Waals surface area (Å²) in [7, 11) is 1.66. The summed E-state index contributed by atoms with van der Waals surface area (Å²) in [4.78, 5) is 4.42. The van der Waals surface area contributed by atoms with E-state index in [4.69, 9.17) is 9.84 Å². The summed E-state index contributed by atoms with van der Waals surface area (Å²) in [5, 5.41) is 12.4. The van der Waals surface area contributed by atoms with Gasteiger partial charge in [0, 0.05) is 24.4 Å². The maximum absolute atomic E-state index is 9.12. The summed E-state index contributed by atoms with van der Waals surface area (Å²) in [6.07, 6.45) is 1.59. The second-order valence-corrected chi connectivity index (χ2v) is 4.31. The summed E-state index contributed by atoms with van der Waals surface area (Å²) in [6.45, 7) is 5.40. The van der Waals surface area contributed by atoms with Gasteiger partial charge in [-0.2, -0.15) is 0 Å². The lowest BCUT2D eigenvalue weighted by molar-refractivity contribution is 0.181. The standard InChI is InChI=1S/C13H22N2O2/c1-10-7-13(17-3)8-12(15-10)9-14-6-4-5-11(2)16/h7-8,11,14,16H,4-6,9H2,1-3H3. The van der Waals surface area contributed by atoms with Gasteiger partial charge in [0.1, 0.15) is 5.75 Å². The van der Waals surface area contributed by atoms with E-state index in [-0.39, 0.29) is 6.10 Å². The Bertz CT molecular complexity index is 340. The van der Waals surface area contributed by atoms with E-state index in [1.165, 1.54) is 0 Å². The predicted octanol–water partition coefficient (Wildman–Crippen LogP) is 1.65. The van der Waals surface area contributed by atoms with Crippen LogP contribution in [0.2, 0.25) is 0 Å². The number of methoxy groups -OCH3 is 1. The number of aromatic nitrogens is 1. The van der Waals surface area contributed by atoms with Crippen LogP contribution in [0.15, 0.2) is 12.1 Å². The highest BCUT2D eigenvalue weighted by Crippen LogP contribution is 2.12. The van der Waals surface area contributed by atoms with Crippen LogP contribution in [0.1, 0.15) is 31.2 Å². The summed E-state index contributed by atoms with van der Waals surface area (Å²) >= 11 is 0. The van der Waals surface area contributed by atoms with Gasteiger partial charge >= 0.3 is 0 Å². The summed E-state index contributed by atoms with van der Waals surface area (Å²) < 4.78 is 5.19. The van der Waals surface area contributed by atoms with E-state index in [1.807, 2.05) is 26.0 Å². The molecular weight excluding hydrogens is 216 g/mol. The molecule has 0 aliphatic carbocycles. The Labute approximate surface area is 103 Å². The monoisotopic (exact) mass is 238 g/mol. The van der Waals surface area contributed by atoms with Gasteiger partial charge in [-0.3, -0.25) is 4.98 Å². The van der Waals surface area contributed by atoms with E-state index in [0.29, 0.717) is 0 Å². The Morgan fingerprint density at radius 3 is 2.88 bits per heavy atom. The highest BCUT2D eigenvalue weighted by atomic mass is 16.5. The maximum Gasteiger partial charge on any atom is 0.122 e. The molecule has 4 heteroatoms. The Morgan fingerprint density at radius 2 is 2.24 bits per heavy atom. The van der Waals surface area contributed by atoms with Crippen molar-refractivity contribution >= 4 is 0 Å². The van der Waals surface area contributed by atoms with Gasteiger partial charge in [-0.15, -0.1) is 0 Å². The van der Waals surface area contributed by atoms with Crippen molar-refractivity contribution in [2.24, 2.45) is 0 Å². The first kappa shape index (κ1) is 13.9. The minimum Gasteiger partial charge on any atom is -0.497 e. The fourth-order valence-electron chi connectivity index (χ4n) is 1.65. The van der Waals surface area contributed by atoms with Crippen molar-refractivity contribution in [3.05, 3.63) is 23.5 Å². The van der Waals surface area contributed by atoms with Gasteiger partial charge < -0.3 is 15.2 Å². The number of aliphatic hydroxyl groups is 1. The topological polar surface area (TPSA) is 54.4 Å². The zero-order valence-electron chi connectivity index (χ0n) is 10.9. The number of pyridine rings is 1. The molecule has 1 heterocycles. The molecule has 0 spiro atoms. The number of nitrogens with zero attached hydrogens (tertiary/aromatic N) is 1. The van der Waals surface area contributed by atoms with Crippen molar-refractivity contribution < 1.29 is 9.84 Å². The molecule has 1 atom stereocenters. The maximum atomic E-state index is 9.12. The average molecular weight is 238 g/mol. The Kier molecular flexibility index (Phi) is 5.94. The molecule has 1 aromatic heterocycles. The fraction of sp³-hybridized carbons (Fsp3) is 0.615. The lowest BCUT2D eigenvalue weighted by Gasteiger charge is -2.08. The zero-order chi connectivity index (χ0) is 12.7. The molecule has 1 unspecified atom stereocenters. The molecule has 0 fully saturated rings. The average Bonchev–Trinajstić information content (AvgIpc) is 2.27. The first-order valence-corrected chi connectivity index (χ1v) is 6.02. The number of ether oxygens (including phenoxy) is 1. The lowest BCUT2D eigenvalue weighted by Crippen LogP contribution is -2.17. The minimum atomic E-state index is -0.214. The van der Waals surface area contributed by atoms with Crippen LogP contribution in [0.3, 0.4) is 0 Å². The SMILES string of the molecule is COc1cc(C)nc(CNCCCC(C)O)c1. The lowest BCUT2D eigenvalue weighted by atomic mass is 10.2. The number of hydrogen-bond donors (Lipinski definition) is 2. The Hall–Kier alpha value is -1.13. The van der Waals surface area contributed by atoms with Crippen LogP contribution >= 0.6 is 0 Å². The van der Waals surface area contributed by atoms with Crippen molar-refractivity contribution in [1.82, 2.24) is 10.3 Å². The molecule has 0 aromatic carbocycles. The van der Waals surface area contributed by atoms with E-state index in [1.54, 1.807) is 7.11 Å². The number of nitrogens with one attached hydrogen (secondary N) is 1. The van der Waals surface area contributed by atoms with Gasteiger partial charge in [-0.25, -0.2) is 0 Å². The molecule has 4 nitrogen and oxygen atoms in total. The molecule has 0 radical (unpaired) electrons. The summed E-state index contributed by atoms with van der Waals surface area (Å²) in [5.74, 6) is 0.846. The van der Waals surface area contributed by atoms with Gasteiger partial charge in [-0.1, -0.05) is 0 Å². The molecule has 1 rings (SSSR count). The van der Waals surface area contributed by atoms with Crippen LogP contribution in [0.25, 0.3) is 0 Å². The van der Waals surface area contributed by atoms with Crippen molar-refractivity contribution in [2.45, 2.75) is 39.3 Å². The van der Waals surface area contributed by atoms with Crippen LogP contribution in [0.5, 0.6) is 5.75 Å². The number of rotatable bonds is 7. The van der Waals surface area contributed by atoms with E-state index < -0.39 is 0 Å². The van der Waals surface area contributed by atoms with Crippen molar-refractivity contribution in [1.29, 1.82) is 0 Å². The van der Waals surface area contributed by atoms with Gasteiger partial charge in [0.15, 0.2) is 0 Å².